The summed E-state index contributed by atoms with van der Waals surface area (Å²) in [7, 11) is 0. The molecule has 0 aromatic carbocycles. The first-order chi connectivity index (χ1) is 7.20. The maximum Gasteiger partial charge on any atom is 0.338 e. The molecular formula is C10H13N3O2. The first-order valence-corrected chi connectivity index (χ1v) is 5.02. The minimum atomic E-state index is -1.00. The van der Waals surface area contributed by atoms with Crippen molar-refractivity contribution in [1.29, 1.82) is 0 Å². The van der Waals surface area contributed by atoms with Gasteiger partial charge in [0.1, 0.15) is 0 Å². The van der Waals surface area contributed by atoms with E-state index >= 15 is 0 Å². The molecule has 1 saturated carbocycles. The zero-order valence-corrected chi connectivity index (χ0v) is 8.47. The normalized spacial score (nSPS) is 23.5. The predicted octanol–water partition coefficient (Wildman–Crippen LogP) is 1.39. The number of nitrogens with zero attached hydrogens (tertiary/aromatic N) is 2. The summed E-state index contributed by atoms with van der Waals surface area (Å²) < 4.78 is 0. The van der Waals surface area contributed by atoms with Crippen LogP contribution in [0.4, 0.5) is 5.95 Å². The van der Waals surface area contributed by atoms with E-state index in [0.717, 1.165) is 12.8 Å². The molecule has 5 heteroatoms. The lowest BCUT2D eigenvalue weighted by molar-refractivity contribution is 0.0696. The van der Waals surface area contributed by atoms with Crippen molar-refractivity contribution in [3.8, 4) is 0 Å². The third kappa shape index (κ3) is 2.23. The fraction of sp³-hybridized carbons (Fsp3) is 0.500. The van der Waals surface area contributed by atoms with E-state index in [-0.39, 0.29) is 5.56 Å². The van der Waals surface area contributed by atoms with Crippen molar-refractivity contribution in [2.45, 2.75) is 25.8 Å². The van der Waals surface area contributed by atoms with Gasteiger partial charge in [0.25, 0.3) is 0 Å². The van der Waals surface area contributed by atoms with Crippen LogP contribution in [0.1, 0.15) is 30.1 Å². The Morgan fingerprint density at radius 3 is 2.73 bits per heavy atom. The third-order valence-corrected chi connectivity index (χ3v) is 2.66. The number of aromatic carboxylic acids is 1. The Balaban J connectivity index is 1.96. The van der Waals surface area contributed by atoms with Crippen LogP contribution in [0.25, 0.3) is 0 Å². The summed E-state index contributed by atoms with van der Waals surface area (Å²) in [5, 5.41) is 11.8. The van der Waals surface area contributed by atoms with E-state index in [0.29, 0.717) is 17.9 Å². The lowest BCUT2D eigenvalue weighted by Crippen LogP contribution is -2.09. The number of nitrogens with one attached hydrogen (secondary N) is 1. The molecule has 1 fully saturated rings. The van der Waals surface area contributed by atoms with E-state index in [1.54, 1.807) is 0 Å². The van der Waals surface area contributed by atoms with Gasteiger partial charge in [-0.2, -0.15) is 0 Å². The minimum absolute atomic E-state index is 0.114. The highest BCUT2D eigenvalue weighted by atomic mass is 16.4. The maximum atomic E-state index is 10.5. The first-order valence-electron chi connectivity index (χ1n) is 5.02. The van der Waals surface area contributed by atoms with E-state index in [9.17, 15) is 4.79 Å². The van der Waals surface area contributed by atoms with Gasteiger partial charge in [-0.05, 0) is 12.3 Å². The zero-order chi connectivity index (χ0) is 10.8. The predicted molar refractivity (Wildman–Crippen MR) is 54.8 cm³/mol. The molecule has 1 heterocycles. The van der Waals surface area contributed by atoms with E-state index in [2.05, 4.69) is 22.2 Å². The molecule has 2 unspecified atom stereocenters. The quantitative estimate of drug-likeness (QED) is 0.780. The van der Waals surface area contributed by atoms with Crippen molar-refractivity contribution >= 4 is 11.9 Å². The molecule has 0 spiro atoms. The van der Waals surface area contributed by atoms with Crippen LogP contribution in [-0.4, -0.2) is 27.1 Å². The summed E-state index contributed by atoms with van der Waals surface area (Å²) in [5.74, 6) is 0.230. The average Bonchev–Trinajstić information content (AvgIpc) is 2.97. The molecule has 1 aromatic heterocycles. The van der Waals surface area contributed by atoms with Crippen molar-refractivity contribution < 1.29 is 9.90 Å². The molecular weight excluding hydrogens is 194 g/mol. The number of hydrogen-bond donors (Lipinski definition) is 2. The Labute approximate surface area is 87.6 Å². The van der Waals surface area contributed by atoms with Crippen molar-refractivity contribution in [3.63, 3.8) is 0 Å². The number of aromatic nitrogens is 2. The highest BCUT2D eigenvalue weighted by molar-refractivity contribution is 5.86. The number of carboxylic acids is 1. The molecule has 0 saturated heterocycles. The van der Waals surface area contributed by atoms with Gasteiger partial charge in [0.2, 0.25) is 5.95 Å². The topological polar surface area (TPSA) is 75.1 Å². The van der Waals surface area contributed by atoms with E-state index < -0.39 is 5.97 Å². The highest BCUT2D eigenvalue weighted by Gasteiger charge is 2.35. The second-order valence-electron chi connectivity index (χ2n) is 3.76. The Morgan fingerprint density at radius 2 is 2.27 bits per heavy atom. The van der Waals surface area contributed by atoms with Gasteiger partial charge < -0.3 is 10.4 Å². The summed E-state index contributed by atoms with van der Waals surface area (Å²) in [6, 6.07) is 0.464. The molecule has 0 radical (unpaired) electrons. The molecule has 2 atom stereocenters. The van der Waals surface area contributed by atoms with Crippen molar-refractivity contribution in [2.75, 3.05) is 5.32 Å². The van der Waals surface area contributed by atoms with Crippen molar-refractivity contribution in [3.05, 3.63) is 18.0 Å². The lowest BCUT2D eigenvalue weighted by Gasteiger charge is -2.02. The Hall–Kier alpha value is -1.65. The standard InChI is InChI=1S/C10H13N3O2/c1-2-6-3-8(6)13-10-11-4-7(5-12-10)9(14)15/h4-6,8H,2-3H2,1H3,(H,14,15)(H,11,12,13). The molecule has 1 aliphatic rings. The smallest absolute Gasteiger partial charge is 0.338 e. The lowest BCUT2D eigenvalue weighted by atomic mass is 10.3. The summed E-state index contributed by atoms with van der Waals surface area (Å²) in [6.07, 6.45) is 4.95. The average molecular weight is 207 g/mol. The van der Waals surface area contributed by atoms with Crippen LogP contribution >= 0.6 is 0 Å². The molecule has 1 aliphatic carbocycles. The summed E-state index contributed by atoms with van der Waals surface area (Å²) in [6.45, 7) is 2.15. The molecule has 0 aliphatic heterocycles. The largest absolute Gasteiger partial charge is 0.478 e. The second-order valence-corrected chi connectivity index (χ2v) is 3.76. The molecule has 15 heavy (non-hydrogen) atoms. The van der Waals surface area contributed by atoms with Crippen LogP contribution in [0.2, 0.25) is 0 Å². The van der Waals surface area contributed by atoms with Crippen LogP contribution in [0.3, 0.4) is 0 Å². The molecule has 2 rings (SSSR count). The molecule has 80 valence electrons. The van der Waals surface area contributed by atoms with Gasteiger partial charge in [0.15, 0.2) is 0 Å². The number of carbonyl (C=O) groups is 1. The van der Waals surface area contributed by atoms with Gasteiger partial charge >= 0.3 is 5.97 Å². The fourth-order valence-electron chi connectivity index (χ4n) is 1.55. The van der Waals surface area contributed by atoms with Gasteiger partial charge in [-0.3, -0.25) is 0 Å². The summed E-state index contributed by atoms with van der Waals surface area (Å²) in [4.78, 5) is 18.4. The molecule has 0 bridgehead atoms. The Morgan fingerprint density at radius 1 is 1.60 bits per heavy atom. The number of anilines is 1. The Kier molecular flexibility index (Phi) is 2.53. The summed E-state index contributed by atoms with van der Waals surface area (Å²) in [5.41, 5.74) is 0.114. The second kappa shape index (κ2) is 3.84. The first kappa shape index (κ1) is 9.89. The van der Waals surface area contributed by atoms with Crippen LogP contribution in [0, 0.1) is 5.92 Å². The molecule has 5 nitrogen and oxygen atoms in total. The van der Waals surface area contributed by atoms with Crippen LogP contribution in [0.5, 0.6) is 0 Å². The van der Waals surface area contributed by atoms with Gasteiger partial charge in [0.05, 0.1) is 5.56 Å². The minimum Gasteiger partial charge on any atom is -0.478 e. The van der Waals surface area contributed by atoms with Crippen LogP contribution in [0.15, 0.2) is 12.4 Å². The fourth-order valence-corrected chi connectivity index (χ4v) is 1.55. The Bertz CT molecular complexity index is 363. The SMILES string of the molecule is CCC1CC1Nc1ncc(C(=O)O)cn1. The van der Waals surface area contributed by atoms with Gasteiger partial charge in [0, 0.05) is 18.4 Å². The number of carboxylic acid groups (broad SMARTS) is 1. The van der Waals surface area contributed by atoms with E-state index in [1.807, 2.05) is 0 Å². The molecule has 1 aromatic rings. The van der Waals surface area contributed by atoms with E-state index in [4.69, 9.17) is 5.11 Å². The monoisotopic (exact) mass is 207 g/mol. The molecule has 2 N–H and O–H groups in total. The highest BCUT2D eigenvalue weighted by Crippen LogP contribution is 2.35. The zero-order valence-electron chi connectivity index (χ0n) is 8.47. The molecule has 0 amide bonds. The summed E-state index contributed by atoms with van der Waals surface area (Å²) >= 11 is 0. The van der Waals surface area contributed by atoms with Gasteiger partial charge in [-0.25, -0.2) is 14.8 Å². The number of hydrogen-bond acceptors (Lipinski definition) is 4. The number of rotatable bonds is 4. The maximum absolute atomic E-state index is 10.5. The van der Waals surface area contributed by atoms with E-state index in [1.165, 1.54) is 12.4 Å². The van der Waals surface area contributed by atoms with Gasteiger partial charge in [-0.15, -0.1) is 0 Å². The van der Waals surface area contributed by atoms with Crippen LogP contribution < -0.4 is 5.32 Å². The van der Waals surface area contributed by atoms with Crippen LogP contribution in [-0.2, 0) is 0 Å². The van der Waals surface area contributed by atoms with Gasteiger partial charge in [-0.1, -0.05) is 13.3 Å². The van der Waals surface area contributed by atoms with Crippen molar-refractivity contribution in [1.82, 2.24) is 9.97 Å². The van der Waals surface area contributed by atoms with Crippen molar-refractivity contribution in [2.24, 2.45) is 5.92 Å². The third-order valence-electron chi connectivity index (χ3n) is 2.66.